The minimum absolute atomic E-state index is 0.674. The van der Waals surface area contributed by atoms with E-state index in [1.165, 1.54) is 30.1 Å². The Labute approximate surface area is 91.7 Å². The predicted molar refractivity (Wildman–Crippen MR) is 62.0 cm³/mol. The molecule has 0 radical (unpaired) electrons. The van der Waals surface area contributed by atoms with Crippen molar-refractivity contribution < 1.29 is 0 Å². The average molecular weight is 207 g/mol. The van der Waals surface area contributed by atoms with Gasteiger partial charge < -0.3 is 10.3 Å². The van der Waals surface area contributed by atoms with Gasteiger partial charge in [-0.05, 0) is 45.1 Å². The molecular weight excluding hydrogens is 186 g/mol. The molecule has 1 atom stereocenters. The Bertz CT molecular complexity index is 341. The molecule has 0 fully saturated rings. The van der Waals surface area contributed by atoms with Crippen LogP contribution in [0.4, 0.5) is 0 Å². The minimum atomic E-state index is 0.674. The quantitative estimate of drug-likeness (QED) is 0.823. The molecule has 3 heteroatoms. The van der Waals surface area contributed by atoms with Crippen molar-refractivity contribution in [1.82, 2.24) is 9.55 Å². The summed E-state index contributed by atoms with van der Waals surface area (Å²) in [4.78, 5) is 4.69. The van der Waals surface area contributed by atoms with Gasteiger partial charge in [-0.3, -0.25) is 0 Å². The third-order valence-electron chi connectivity index (χ3n) is 3.38. The number of hydrogen-bond donors (Lipinski definition) is 1. The second kappa shape index (κ2) is 4.35. The zero-order valence-electron chi connectivity index (χ0n) is 9.79. The Morgan fingerprint density at radius 2 is 2.33 bits per heavy atom. The summed E-state index contributed by atoms with van der Waals surface area (Å²) in [5, 5.41) is 0. The predicted octanol–water partition coefficient (Wildman–Crippen LogP) is 1.98. The van der Waals surface area contributed by atoms with Gasteiger partial charge in [-0.15, -0.1) is 0 Å². The monoisotopic (exact) mass is 207 g/mol. The fourth-order valence-corrected chi connectivity index (χ4v) is 2.62. The maximum absolute atomic E-state index is 5.56. The largest absolute Gasteiger partial charge is 0.332 e. The summed E-state index contributed by atoms with van der Waals surface area (Å²) in [6.07, 6.45) is 4.70. The first-order valence-electron chi connectivity index (χ1n) is 6.00. The third kappa shape index (κ3) is 1.93. The Kier molecular flexibility index (Phi) is 3.10. The Hall–Kier alpha value is -0.830. The number of nitrogens with zero attached hydrogens (tertiary/aromatic N) is 2. The van der Waals surface area contributed by atoms with E-state index >= 15 is 0 Å². The molecular formula is C12H21N3. The van der Waals surface area contributed by atoms with Gasteiger partial charge >= 0.3 is 0 Å². The van der Waals surface area contributed by atoms with E-state index in [1.807, 2.05) is 0 Å². The molecule has 0 saturated carbocycles. The SMILES string of the molecule is Cc1nc(CCCN)c2n1CCCC2C. The molecule has 2 N–H and O–H groups in total. The van der Waals surface area contributed by atoms with Crippen LogP contribution >= 0.6 is 0 Å². The van der Waals surface area contributed by atoms with E-state index in [-0.39, 0.29) is 0 Å². The number of nitrogens with two attached hydrogens (primary N) is 1. The van der Waals surface area contributed by atoms with E-state index in [0.717, 1.165) is 25.9 Å². The van der Waals surface area contributed by atoms with E-state index in [4.69, 9.17) is 5.73 Å². The van der Waals surface area contributed by atoms with Gasteiger partial charge in [0.15, 0.2) is 0 Å². The van der Waals surface area contributed by atoms with E-state index < -0.39 is 0 Å². The zero-order chi connectivity index (χ0) is 10.8. The van der Waals surface area contributed by atoms with Crippen LogP contribution in [0.15, 0.2) is 0 Å². The van der Waals surface area contributed by atoms with Gasteiger partial charge in [0.1, 0.15) is 5.82 Å². The highest BCUT2D eigenvalue weighted by molar-refractivity contribution is 5.22. The number of hydrogen-bond acceptors (Lipinski definition) is 2. The van der Waals surface area contributed by atoms with Crippen molar-refractivity contribution in [3.63, 3.8) is 0 Å². The highest BCUT2D eigenvalue weighted by Crippen LogP contribution is 2.30. The van der Waals surface area contributed by atoms with Crippen LogP contribution < -0.4 is 5.73 Å². The summed E-state index contributed by atoms with van der Waals surface area (Å²) in [7, 11) is 0. The highest BCUT2D eigenvalue weighted by Gasteiger charge is 2.22. The third-order valence-corrected chi connectivity index (χ3v) is 3.38. The second-order valence-corrected chi connectivity index (χ2v) is 4.58. The van der Waals surface area contributed by atoms with Crippen LogP contribution in [-0.4, -0.2) is 16.1 Å². The standard InChI is InChI=1S/C12H21N3/c1-9-5-4-8-15-10(2)14-11(12(9)15)6-3-7-13/h9H,3-8,13H2,1-2H3. The summed E-state index contributed by atoms with van der Waals surface area (Å²) in [5.41, 5.74) is 8.33. The lowest BCUT2D eigenvalue weighted by Gasteiger charge is -2.22. The Morgan fingerprint density at radius 3 is 3.07 bits per heavy atom. The molecule has 0 amide bonds. The summed E-state index contributed by atoms with van der Waals surface area (Å²) in [5.74, 6) is 1.86. The van der Waals surface area contributed by atoms with Crippen LogP contribution in [0, 0.1) is 6.92 Å². The van der Waals surface area contributed by atoms with Crippen LogP contribution in [0.5, 0.6) is 0 Å². The molecule has 0 bridgehead atoms. The smallest absolute Gasteiger partial charge is 0.106 e. The van der Waals surface area contributed by atoms with E-state index in [1.54, 1.807) is 0 Å². The molecule has 1 aromatic rings. The minimum Gasteiger partial charge on any atom is -0.332 e. The van der Waals surface area contributed by atoms with Gasteiger partial charge in [0.25, 0.3) is 0 Å². The number of aryl methyl sites for hydroxylation is 2. The summed E-state index contributed by atoms with van der Waals surface area (Å²) >= 11 is 0. The molecule has 1 aliphatic heterocycles. The summed E-state index contributed by atoms with van der Waals surface area (Å²) in [6, 6.07) is 0. The topological polar surface area (TPSA) is 43.8 Å². The first-order chi connectivity index (χ1) is 7.24. The van der Waals surface area contributed by atoms with Crippen LogP contribution in [0.25, 0.3) is 0 Å². The molecule has 0 aliphatic carbocycles. The average Bonchev–Trinajstić information content (AvgIpc) is 2.55. The fraction of sp³-hybridized carbons (Fsp3) is 0.750. The number of fused-ring (bicyclic) bond motifs is 1. The lowest BCUT2D eigenvalue weighted by atomic mass is 9.95. The molecule has 3 nitrogen and oxygen atoms in total. The van der Waals surface area contributed by atoms with E-state index in [2.05, 4.69) is 23.4 Å². The lowest BCUT2D eigenvalue weighted by Crippen LogP contribution is -2.15. The van der Waals surface area contributed by atoms with Gasteiger partial charge in [-0.1, -0.05) is 6.92 Å². The number of imidazole rings is 1. The number of rotatable bonds is 3. The van der Waals surface area contributed by atoms with Crippen molar-refractivity contribution in [3.05, 3.63) is 17.2 Å². The molecule has 0 aromatic carbocycles. The number of aromatic nitrogens is 2. The molecule has 0 spiro atoms. The summed E-state index contributed by atoms with van der Waals surface area (Å²) in [6.45, 7) is 6.35. The van der Waals surface area contributed by atoms with Crippen molar-refractivity contribution in [3.8, 4) is 0 Å². The van der Waals surface area contributed by atoms with Crippen LogP contribution in [0.2, 0.25) is 0 Å². The van der Waals surface area contributed by atoms with Gasteiger partial charge in [0.2, 0.25) is 0 Å². The lowest BCUT2D eigenvalue weighted by molar-refractivity contribution is 0.465. The van der Waals surface area contributed by atoms with Crippen LogP contribution in [-0.2, 0) is 13.0 Å². The van der Waals surface area contributed by atoms with Gasteiger partial charge in [0.05, 0.1) is 5.69 Å². The molecule has 0 saturated heterocycles. The van der Waals surface area contributed by atoms with Gasteiger partial charge in [0, 0.05) is 12.2 Å². The van der Waals surface area contributed by atoms with Gasteiger partial charge in [-0.2, -0.15) is 0 Å². The van der Waals surface area contributed by atoms with Crippen molar-refractivity contribution in [2.75, 3.05) is 6.54 Å². The molecule has 84 valence electrons. The van der Waals surface area contributed by atoms with E-state index in [0.29, 0.717) is 5.92 Å². The maximum atomic E-state index is 5.56. The van der Waals surface area contributed by atoms with Gasteiger partial charge in [-0.25, -0.2) is 4.98 Å². The van der Waals surface area contributed by atoms with Crippen molar-refractivity contribution >= 4 is 0 Å². The normalized spacial score (nSPS) is 20.3. The Morgan fingerprint density at radius 1 is 1.53 bits per heavy atom. The van der Waals surface area contributed by atoms with E-state index in [9.17, 15) is 0 Å². The molecule has 15 heavy (non-hydrogen) atoms. The maximum Gasteiger partial charge on any atom is 0.106 e. The fourth-order valence-electron chi connectivity index (χ4n) is 2.62. The molecule has 1 aromatic heterocycles. The summed E-state index contributed by atoms with van der Waals surface area (Å²) < 4.78 is 2.40. The van der Waals surface area contributed by atoms with Crippen LogP contribution in [0.1, 0.15) is 49.3 Å². The second-order valence-electron chi connectivity index (χ2n) is 4.58. The van der Waals surface area contributed by atoms with Crippen LogP contribution in [0.3, 0.4) is 0 Å². The molecule has 1 aliphatic rings. The first kappa shape index (κ1) is 10.7. The highest BCUT2D eigenvalue weighted by atomic mass is 15.1. The van der Waals surface area contributed by atoms with Crippen molar-refractivity contribution in [2.45, 2.75) is 52.0 Å². The van der Waals surface area contributed by atoms with Crippen molar-refractivity contribution in [2.24, 2.45) is 5.73 Å². The van der Waals surface area contributed by atoms with Crippen molar-refractivity contribution in [1.29, 1.82) is 0 Å². The molecule has 1 unspecified atom stereocenters. The first-order valence-corrected chi connectivity index (χ1v) is 6.00. The Balaban J connectivity index is 2.30. The molecule has 2 heterocycles. The zero-order valence-corrected chi connectivity index (χ0v) is 9.79. The molecule has 2 rings (SSSR count).